The number of benzene rings is 4. The minimum Gasteiger partial charge on any atom is -0.455 e. The molecular weight excluding hydrogens is 316 g/mol. The van der Waals surface area contributed by atoms with E-state index in [1.807, 2.05) is 6.07 Å². The molecule has 0 N–H and O–H groups in total. The summed E-state index contributed by atoms with van der Waals surface area (Å²) >= 11 is 0. The van der Waals surface area contributed by atoms with E-state index in [0.717, 1.165) is 27.5 Å². The minimum atomic E-state index is 0.930. The monoisotopic (exact) mass is 334 g/mol. The Hall–Kier alpha value is -3.32. The van der Waals surface area contributed by atoms with Gasteiger partial charge in [-0.2, -0.15) is 0 Å². The van der Waals surface area contributed by atoms with Crippen LogP contribution in [0.25, 0.3) is 44.2 Å². The highest BCUT2D eigenvalue weighted by Crippen LogP contribution is 2.37. The Kier molecular flexibility index (Phi) is 3.39. The third kappa shape index (κ3) is 2.41. The maximum atomic E-state index is 6.27. The fourth-order valence-corrected chi connectivity index (χ4v) is 3.65. The standard InChI is InChI=1S/C25H18O/c1-17-7-5-10-20(15-17)21-11-6-12-22-23-16-19(18-8-3-2-4-9-18)13-14-24(23)26-25(21)22/h2-16H,1H3. The van der Waals surface area contributed by atoms with Crippen LogP contribution in [-0.2, 0) is 0 Å². The Morgan fingerprint density at radius 1 is 0.577 bits per heavy atom. The first kappa shape index (κ1) is 15.0. The maximum absolute atomic E-state index is 6.27. The molecule has 0 saturated carbocycles. The second-order valence-corrected chi connectivity index (χ2v) is 6.73. The first-order chi connectivity index (χ1) is 12.8. The molecular formula is C25H18O. The summed E-state index contributed by atoms with van der Waals surface area (Å²) in [6, 6.07) is 31.9. The smallest absolute Gasteiger partial charge is 0.143 e. The van der Waals surface area contributed by atoms with E-state index in [4.69, 9.17) is 4.42 Å². The zero-order chi connectivity index (χ0) is 17.5. The van der Waals surface area contributed by atoms with Crippen molar-refractivity contribution in [2.45, 2.75) is 6.92 Å². The molecule has 0 bridgehead atoms. The van der Waals surface area contributed by atoms with Gasteiger partial charge >= 0.3 is 0 Å². The summed E-state index contributed by atoms with van der Waals surface area (Å²) in [5, 5.41) is 2.33. The molecule has 0 spiro atoms. The molecule has 0 aliphatic carbocycles. The Bertz CT molecular complexity index is 1230. The lowest BCUT2D eigenvalue weighted by atomic mass is 9.99. The van der Waals surface area contributed by atoms with Crippen molar-refractivity contribution in [3.63, 3.8) is 0 Å². The highest BCUT2D eigenvalue weighted by atomic mass is 16.3. The van der Waals surface area contributed by atoms with Crippen LogP contribution in [0.5, 0.6) is 0 Å². The quantitative estimate of drug-likeness (QED) is 0.332. The molecule has 5 aromatic rings. The zero-order valence-corrected chi connectivity index (χ0v) is 14.6. The van der Waals surface area contributed by atoms with Gasteiger partial charge in [-0.05, 0) is 35.7 Å². The molecule has 0 amide bonds. The van der Waals surface area contributed by atoms with Crippen molar-refractivity contribution in [2.24, 2.45) is 0 Å². The molecule has 124 valence electrons. The molecule has 0 aliphatic heterocycles. The lowest BCUT2D eigenvalue weighted by Crippen LogP contribution is -1.80. The van der Waals surface area contributed by atoms with Gasteiger partial charge in [-0.15, -0.1) is 0 Å². The number of hydrogen-bond acceptors (Lipinski definition) is 1. The Balaban J connectivity index is 1.76. The van der Waals surface area contributed by atoms with Crippen LogP contribution in [0.1, 0.15) is 5.56 Å². The third-order valence-corrected chi connectivity index (χ3v) is 4.93. The number of aryl methyl sites for hydroxylation is 1. The Labute approximate surface area is 152 Å². The van der Waals surface area contributed by atoms with Gasteiger partial charge in [0.05, 0.1) is 0 Å². The van der Waals surface area contributed by atoms with E-state index in [1.54, 1.807) is 0 Å². The molecule has 0 unspecified atom stereocenters. The number of fused-ring (bicyclic) bond motifs is 3. The van der Waals surface area contributed by atoms with Gasteiger partial charge < -0.3 is 4.42 Å². The average Bonchev–Trinajstić information content (AvgIpc) is 3.06. The van der Waals surface area contributed by atoms with Gasteiger partial charge in [0, 0.05) is 16.3 Å². The molecule has 0 aliphatic rings. The van der Waals surface area contributed by atoms with Crippen molar-refractivity contribution in [1.29, 1.82) is 0 Å². The first-order valence-electron chi connectivity index (χ1n) is 8.87. The summed E-state index contributed by atoms with van der Waals surface area (Å²) in [6.07, 6.45) is 0. The van der Waals surface area contributed by atoms with E-state index in [0.29, 0.717) is 0 Å². The highest BCUT2D eigenvalue weighted by Gasteiger charge is 2.13. The van der Waals surface area contributed by atoms with Crippen LogP contribution in [0.2, 0.25) is 0 Å². The second-order valence-electron chi connectivity index (χ2n) is 6.73. The van der Waals surface area contributed by atoms with Gasteiger partial charge in [-0.25, -0.2) is 0 Å². The van der Waals surface area contributed by atoms with E-state index in [9.17, 15) is 0 Å². The van der Waals surface area contributed by atoms with Gasteiger partial charge in [0.25, 0.3) is 0 Å². The van der Waals surface area contributed by atoms with Crippen molar-refractivity contribution < 1.29 is 4.42 Å². The lowest BCUT2D eigenvalue weighted by molar-refractivity contribution is 0.670. The van der Waals surface area contributed by atoms with Crippen LogP contribution in [0.3, 0.4) is 0 Å². The Morgan fingerprint density at radius 3 is 2.23 bits per heavy atom. The summed E-state index contributed by atoms with van der Waals surface area (Å²) in [5.41, 5.74) is 7.90. The summed E-state index contributed by atoms with van der Waals surface area (Å²) in [4.78, 5) is 0. The molecule has 0 saturated heterocycles. The third-order valence-electron chi connectivity index (χ3n) is 4.93. The second kappa shape index (κ2) is 5.89. The summed E-state index contributed by atoms with van der Waals surface area (Å²) in [7, 11) is 0. The predicted octanol–water partition coefficient (Wildman–Crippen LogP) is 7.23. The summed E-state index contributed by atoms with van der Waals surface area (Å²) in [5.74, 6) is 0. The van der Waals surface area contributed by atoms with Gasteiger partial charge in [0.15, 0.2) is 0 Å². The van der Waals surface area contributed by atoms with Crippen LogP contribution in [0, 0.1) is 6.92 Å². The topological polar surface area (TPSA) is 13.1 Å². The van der Waals surface area contributed by atoms with Crippen molar-refractivity contribution in [3.05, 3.63) is 96.6 Å². The van der Waals surface area contributed by atoms with E-state index in [-0.39, 0.29) is 0 Å². The highest BCUT2D eigenvalue weighted by molar-refractivity contribution is 6.10. The van der Waals surface area contributed by atoms with Crippen molar-refractivity contribution in [2.75, 3.05) is 0 Å². The lowest BCUT2D eigenvalue weighted by Gasteiger charge is -2.03. The molecule has 1 nitrogen and oxygen atoms in total. The van der Waals surface area contributed by atoms with Crippen molar-refractivity contribution in [3.8, 4) is 22.3 Å². The van der Waals surface area contributed by atoms with Gasteiger partial charge in [0.2, 0.25) is 0 Å². The maximum Gasteiger partial charge on any atom is 0.143 e. The van der Waals surface area contributed by atoms with Crippen LogP contribution < -0.4 is 0 Å². The van der Waals surface area contributed by atoms with Crippen molar-refractivity contribution >= 4 is 21.9 Å². The van der Waals surface area contributed by atoms with E-state index in [1.165, 1.54) is 22.3 Å². The van der Waals surface area contributed by atoms with Gasteiger partial charge in [-0.3, -0.25) is 0 Å². The van der Waals surface area contributed by atoms with Crippen LogP contribution >= 0.6 is 0 Å². The molecule has 1 aromatic heterocycles. The van der Waals surface area contributed by atoms with Gasteiger partial charge in [-0.1, -0.05) is 84.4 Å². The molecule has 0 atom stereocenters. The summed E-state index contributed by atoms with van der Waals surface area (Å²) in [6.45, 7) is 2.12. The zero-order valence-electron chi connectivity index (χ0n) is 14.6. The average molecular weight is 334 g/mol. The first-order valence-corrected chi connectivity index (χ1v) is 8.87. The van der Waals surface area contributed by atoms with Crippen LogP contribution in [0.15, 0.2) is 95.4 Å². The van der Waals surface area contributed by atoms with Gasteiger partial charge in [0.1, 0.15) is 11.2 Å². The number of furan rings is 1. The van der Waals surface area contributed by atoms with E-state index in [2.05, 4.69) is 91.9 Å². The molecule has 0 fully saturated rings. The predicted molar refractivity (Wildman–Crippen MR) is 109 cm³/mol. The molecule has 0 radical (unpaired) electrons. The molecule has 26 heavy (non-hydrogen) atoms. The van der Waals surface area contributed by atoms with Crippen molar-refractivity contribution in [1.82, 2.24) is 0 Å². The SMILES string of the molecule is Cc1cccc(-c2cccc3c2oc2ccc(-c4ccccc4)cc23)c1. The molecule has 1 heterocycles. The number of hydrogen-bond donors (Lipinski definition) is 0. The largest absolute Gasteiger partial charge is 0.455 e. The van der Waals surface area contributed by atoms with E-state index >= 15 is 0 Å². The molecule has 1 heteroatoms. The van der Waals surface area contributed by atoms with Crippen LogP contribution in [-0.4, -0.2) is 0 Å². The minimum absolute atomic E-state index is 0.930. The molecule has 5 rings (SSSR count). The normalized spacial score (nSPS) is 11.3. The number of rotatable bonds is 2. The fourth-order valence-electron chi connectivity index (χ4n) is 3.65. The Morgan fingerprint density at radius 2 is 1.38 bits per heavy atom. The summed E-state index contributed by atoms with van der Waals surface area (Å²) < 4.78 is 6.27. The fraction of sp³-hybridized carbons (Fsp3) is 0.0400. The number of para-hydroxylation sites is 1. The van der Waals surface area contributed by atoms with E-state index < -0.39 is 0 Å². The van der Waals surface area contributed by atoms with Crippen LogP contribution in [0.4, 0.5) is 0 Å². The molecule has 4 aromatic carbocycles.